The molecule has 0 radical (unpaired) electrons. The maximum atomic E-state index is 13.0. The van der Waals surface area contributed by atoms with Crippen molar-refractivity contribution in [2.24, 2.45) is 0 Å². The number of nitrogens with zero attached hydrogens (tertiary/aromatic N) is 2. The summed E-state index contributed by atoms with van der Waals surface area (Å²) in [4.78, 5) is 8.69. The van der Waals surface area contributed by atoms with E-state index in [-0.39, 0.29) is 0 Å². The minimum atomic E-state index is -2.56. The van der Waals surface area contributed by atoms with E-state index in [4.69, 9.17) is 11.6 Å². The number of aryl methyl sites for hydroxylation is 1. The maximum absolute atomic E-state index is 13.0. The summed E-state index contributed by atoms with van der Waals surface area (Å²) >= 11 is 9.47. The molecule has 130 valence electrons. The first-order chi connectivity index (χ1) is 11.8. The van der Waals surface area contributed by atoms with Crippen LogP contribution in [-0.4, -0.2) is 23.3 Å². The van der Waals surface area contributed by atoms with E-state index in [2.05, 4.69) is 38.1 Å². The van der Waals surface area contributed by atoms with Crippen LogP contribution < -0.4 is 10.6 Å². The molecule has 0 aliphatic carbocycles. The van der Waals surface area contributed by atoms with Gasteiger partial charge < -0.3 is 9.88 Å². The zero-order valence-corrected chi connectivity index (χ0v) is 17.4. The maximum Gasteiger partial charge on any atom is 0.131 e. The van der Waals surface area contributed by atoms with E-state index in [9.17, 15) is 4.57 Å². The normalized spacial score (nSPS) is 11.7. The number of pyridine rings is 2. The topological polar surface area (TPSA) is 54.9 Å². The van der Waals surface area contributed by atoms with Gasteiger partial charge in [0.15, 0.2) is 0 Å². The van der Waals surface area contributed by atoms with Gasteiger partial charge in [-0.1, -0.05) is 24.6 Å². The number of fused-ring (bicyclic) bond motifs is 1. The molecule has 1 aromatic carbocycles. The van der Waals surface area contributed by atoms with Gasteiger partial charge in [0.25, 0.3) is 0 Å². The molecule has 4 nitrogen and oxygen atoms in total. The Hall–Kier alpha value is -1.42. The fourth-order valence-corrected chi connectivity index (χ4v) is 4.72. The second kappa shape index (κ2) is 7.06. The molecule has 0 aliphatic heterocycles. The molecule has 0 fully saturated rings. The van der Waals surface area contributed by atoms with Gasteiger partial charge >= 0.3 is 0 Å². The first-order valence-corrected chi connectivity index (χ1v) is 11.6. The first kappa shape index (κ1) is 18.4. The summed E-state index contributed by atoms with van der Waals surface area (Å²) in [5, 5.41) is 5.43. The number of benzene rings is 1. The van der Waals surface area contributed by atoms with Crippen LogP contribution in [0.5, 0.6) is 0 Å². The van der Waals surface area contributed by atoms with Gasteiger partial charge in [0.05, 0.1) is 21.4 Å². The lowest BCUT2D eigenvalue weighted by molar-refractivity contribution is 0.588. The van der Waals surface area contributed by atoms with Gasteiger partial charge in [0.2, 0.25) is 0 Å². The lowest BCUT2D eigenvalue weighted by Crippen LogP contribution is -2.12. The average molecular weight is 439 g/mol. The molecule has 25 heavy (non-hydrogen) atoms. The highest BCUT2D eigenvalue weighted by molar-refractivity contribution is 9.10. The number of hydrogen-bond acceptors (Lipinski definition) is 4. The Morgan fingerprint density at radius 1 is 1.20 bits per heavy atom. The van der Waals surface area contributed by atoms with Gasteiger partial charge in [-0.25, -0.2) is 4.98 Å². The van der Waals surface area contributed by atoms with E-state index in [1.165, 1.54) is 0 Å². The fraction of sp³-hybridized carbons (Fsp3) is 0.222. The third-order valence-electron chi connectivity index (χ3n) is 3.89. The van der Waals surface area contributed by atoms with E-state index >= 15 is 0 Å². The van der Waals surface area contributed by atoms with Gasteiger partial charge in [0, 0.05) is 28.6 Å². The molecule has 0 saturated heterocycles. The smallest absolute Gasteiger partial charge is 0.131 e. The molecule has 3 aromatic rings. The summed E-state index contributed by atoms with van der Waals surface area (Å²) in [6.07, 6.45) is 2.50. The zero-order valence-electron chi connectivity index (χ0n) is 14.2. The lowest BCUT2D eigenvalue weighted by atomic mass is 10.1. The summed E-state index contributed by atoms with van der Waals surface area (Å²) < 4.78 is 13.8. The molecule has 2 aromatic heterocycles. The molecule has 0 bridgehead atoms. The van der Waals surface area contributed by atoms with Crippen molar-refractivity contribution < 1.29 is 4.57 Å². The fourth-order valence-electron chi connectivity index (χ4n) is 2.76. The summed E-state index contributed by atoms with van der Waals surface area (Å²) in [5.74, 6) is 0. The minimum absolute atomic E-state index is 0.387. The Kier molecular flexibility index (Phi) is 5.19. The van der Waals surface area contributed by atoms with Gasteiger partial charge in [0.1, 0.15) is 12.3 Å². The number of nitrogens with one attached hydrogen (secondary N) is 1. The third-order valence-corrected chi connectivity index (χ3v) is 6.29. The standard InChI is InChI=1S/C18H18BrClN3OP/c1-4-11-5-6-12-14(22-11)7-8-15(18(12)25(2,3)24)23-16-9-17(20)21-10-13(16)19/h5-10H,4H2,1-3H3,(H,21,23). The number of hydrogen-bond donors (Lipinski definition) is 1. The lowest BCUT2D eigenvalue weighted by Gasteiger charge is -2.18. The minimum Gasteiger partial charge on any atom is -0.354 e. The van der Waals surface area contributed by atoms with Crippen LogP contribution in [0.15, 0.2) is 41.0 Å². The van der Waals surface area contributed by atoms with Gasteiger partial charge in [-0.2, -0.15) is 0 Å². The molecule has 7 heteroatoms. The molecule has 0 atom stereocenters. The molecular formula is C18H18BrClN3OP. The predicted molar refractivity (Wildman–Crippen MR) is 110 cm³/mol. The number of halogens is 2. The van der Waals surface area contributed by atoms with Crippen molar-refractivity contribution in [3.8, 4) is 0 Å². The SMILES string of the molecule is CCc1ccc2c(P(C)(C)=O)c(Nc3cc(Cl)ncc3Br)ccc2n1. The Balaban J connectivity index is 2.21. The van der Waals surface area contributed by atoms with E-state index in [1.54, 1.807) is 25.6 Å². The van der Waals surface area contributed by atoms with Gasteiger partial charge in [-0.05, 0) is 53.9 Å². The van der Waals surface area contributed by atoms with Crippen LogP contribution >= 0.6 is 34.7 Å². The van der Waals surface area contributed by atoms with Crippen molar-refractivity contribution in [2.45, 2.75) is 13.3 Å². The average Bonchev–Trinajstić information content (AvgIpc) is 2.56. The van der Waals surface area contributed by atoms with E-state index < -0.39 is 7.14 Å². The number of aromatic nitrogens is 2. The van der Waals surface area contributed by atoms with Gasteiger partial charge in [-0.3, -0.25) is 4.98 Å². The quantitative estimate of drug-likeness (QED) is 0.425. The third kappa shape index (κ3) is 3.89. The van der Waals surface area contributed by atoms with E-state index in [1.807, 2.05) is 24.3 Å². The van der Waals surface area contributed by atoms with Crippen LogP contribution in [0.1, 0.15) is 12.6 Å². The molecule has 1 N–H and O–H groups in total. The largest absolute Gasteiger partial charge is 0.354 e. The number of anilines is 2. The first-order valence-electron chi connectivity index (χ1n) is 7.86. The van der Waals surface area contributed by atoms with Crippen LogP contribution in [0.4, 0.5) is 11.4 Å². The molecule has 0 spiro atoms. The monoisotopic (exact) mass is 437 g/mol. The van der Waals surface area contributed by atoms with Crippen LogP contribution in [0.25, 0.3) is 10.9 Å². The van der Waals surface area contributed by atoms with Crippen LogP contribution in [0, 0.1) is 0 Å². The van der Waals surface area contributed by atoms with Crippen molar-refractivity contribution in [1.29, 1.82) is 0 Å². The zero-order chi connectivity index (χ0) is 18.2. The molecule has 2 heterocycles. The van der Waals surface area contributed by atoms with E-state index in [0.29, 0.717) is 5.15 Å². The van der Waals surface area contributed by atoms with Crippen molar-refractivity contribution in [1.82, 2.24) is 9.97 Å². The van der Waals surface area contributed by atoms with Crippen molar-refractivity contribution in [2.75, 3.05) is 18.6 Å². The molecular weight excluding hydrogens is 421 g/mol. The Labute approximate surface area is 160 Å². The highest BCUT2D eigenvalue weighted by atomic mass is 79.9. The van der Waals surface area contributed by atoms with Crippen LogP contribution in [-0.2, 0) is 11.0 Å². The Morgan fingerprint density at radius 2 is 1.96 bits per heavy atom. The summed E-state index contributed by atoms with van der Waals surface area (Å²) in [6.45, 7) is 5.62. The summed E-state index contributed by atoms with van der Waals surface area (Å²) in [7, 11) is -2.56. The van der Waals surface area contributed by atoms with Crippen molar-refractivity contribution in [3.05, 3.63) is 51.8 Å². The highest BCUT2D eigenvalue weighted by Crippen LogP contribution is 2.42. The van der Waals surface area contributed by atoms with Gasteiger partial charge in [-0.15, -0.1) is 0 Å². The summed E-state index contributed by atoms with van der Waals surface area (Å²) in [5.41, 5.74) is 3.43. The van der Waals surface area contributed by atoms with Crippen LogP contribution in [0.2, 0.25) is 5.15 Å². The summed E-state index contributed by atoms with van der Waals surface area (Å²) in [6, 6.07) is 9.60. The molecule has 3 rings (SSSR count). The molecule has 0 unspecified atom stereocenters. The second-order valence-electron chi connectivity index (χ2n) is 6.15. The number of rotatable bonds is 4. The van der Waals surface area contributed by atoms with Crippen molar-refractivity contribution in [3.63, 3.8) is 0 Å². The molecule has 0 amide bonds. The molecule has 0 aliphatic rings. The highest BCUT2D eigenvalue weighted by Gasteiger charge is 2.21. The second-order valence-corrected chi connectivity index (χ2v) is 10.5. The Morgan fingerprint density at radius 3 is 2.64 bits per heavy atom. The van der Waals surface area contributed by atoms with E-state index in [0.717, 1.165) is 44.2 Å². The van der Waals surface area contributed by atoms with Crippen LogP contribution in [0.3, 0.4) is 0 Å². The molecule has 0 saturated carbocycles. The Bertz CT molecular complexity index is 1000. The van der Waals surface area contributed by atoms with Crippen molar-refractivity contribution >= 4 is 62.3 Å². The predicted octanol–water partition coefficient (Wildman–Crippen LogP) is 5.60.